The molecule has 0 spiro atoms. The van der Waals surface area contributed by atoms with E-state index in [1.165, 1.54) is 4.57 Å². The summed E-state index contributed by atoms with van der Waals surface area (Å²) in [4.78, 5) is 16.5. The van der Waals surface area contributed by atoms with E-state index in [9.17, 15) is 15.0 Å². The Morgan fingerprint density at radius 2 is 2.17 bits per heavy atom. The van der Waals surface area contributed by atoms with Gasteiger partial charge in [0.25, 0.3) is 0 Å². The molecule has 2 aromatic heterocycles. The summed E-state index contributed by atoms with van der Waals surface area (Å²) < 4.78 is 12.8. The van der Waals surface area contributed by atoms with Gasteiger partial charge in [0.2, 0.25) is 5.71 Å². The summed E-state index contributed by atoms with van der Waals surface area (Å²) in [6.07, 6.45) is 5.92. The van der Waals surface area contributed by atoms with E-state index in [0.29, 0.717) is 11.1 Å². The van der Waals surface area contributed by atoms with Gasteiger partial charge in [0, 0.05) is 18.2 Å². The Balaban J connectivity index is 1.71. The Labute approximate surface area is 167 Å². The molecule has 3 heterocycles. The van der Waals surface area contributed by atoms with Gasteiger partial charge in [0.1, 0.15) is 18.1 Å². The molecular weight excluding hydrogens is 372 g/mol. The molecule has 0 bridgehead atoms. The first-order valence-electron chi connectivity index (χ1n) is 9.83. The molecule has 7 nitrogen and oxygen atoms in total. The first kappa shape index (κ1) is 19.6. The molecule has 1 aliphatic heterocycles. The Morgan fingerprint density at radius 1 is 1.34 bits per heavy atom. The maximum absolute atomic E-state index is 12.5. The second-order valence-corrected chi connectivity index (χ2v) is 7.19. The summed E-state index contributed by atoms with van der Waals surface area (Å²) in [5.74, 6) is 0.627. The van der Waals surface area contributed by atoms with Gasteiger partial charge in [-0.3, -0.25) is 4.57 Å². The molecule has 4 rings (SSSR count). The zero-order valence-electron chi connectivity index (χ0n) is 16.2. The summed E-state index contributed by atoms with van der Waals surface area (Å²) in [6.45, 7) is 1.83. The molecule has 0 radical (unpaired) electrons. The highest BCUT2D eigenvalue weighted by atomic mass is 16.5. The number of aromatic nitrogens is 2. The molecule has 0 saturated carbocycles. The lowest BCUT2D eigenvalue weighted by molar-refractivity contribution is -0.0457. The zero-order chi connectivity index (χ0) is 20.4. The molecule has 7 heteroatoms. The van der Waals surface area contributed by atoms with Gasteiger partial charge in [-0.05, 0) is 18.1 Å². The van der Waals surface area contributed by atoms with Crippen LogP contribution in [0.3, 0.4) is 0 Å². The van der Waals surface area contributed by atoms with Crippen molar-refractivity contribution in [1.29, 1.82) is 0 Å². The summed E-state index contributed by atoms with van der Waals surface area (Å²) in [5.41, 5.74) is 1.68. The van der Waals surface area contributed by atoms with E-state index in [1.54, 1.807) is 6.20 Å². The standard InChI is InChI=1S/C22H24N2O5/c1-2-3-4-7-14-8-5-6-9-16(14)18-10-15-12-24(22(27)23-21(15)29-18)20-11-17(26)19(13-25)28-20/h4-10,12,17,19-20,25-26H,2-3,11,13H2,1H3/b7-4+/t17-,19+,20+/m0/s1. The van der Waals surface area contributed by atoms with Crippen molar-refractivity contribution in [3.63, 3.8) is 0 Å². The van der Waals surface area contributed by atoms with Crippen molar-refractivity contribution in [3.8, 4) is 11.3 Å². The quantitative estimate of drug-likeness (QED) is 0.664. The predicted molar refractivity (Wildman–Crippen MR) is 109 cm³/mol. The second kappa shape index (κ2) is 8.32. The number of rotatable bonds is 6. The topological polar surface area (TPSA) is 97.7 Å². The number of nitrogens with zero attached hydrogens (tertiary/aromatic N) is 2. The monoisotopic (exact) mass is 396 g/mol. The van der Waals surface area contributed by atoms with Crippen molar-refractivity contribution in [1.82, 2.24) is 9.55 Å². The maximum Gasteiger partial charge on any atom is 0.353 e. The number of unbranched alkanes of at least 4 members (excludes halogenated alkanes) is 1. The van der Waals surface area contributed by atoms with Crippen LogP contribution in [0, 0.1) is 0 Å². The van der Waals surface area contributed by atoms with Crippen LogP contribution < -0.4 is 5.69 Å². The number of allylic oxidation sites excluding steroid dienone is 1. The van der Waals surface area contributed by atoms with E-state index in [1.807, 2.05) is 30.3 Å². The number of benzene rings is 1. The number of aliphatic hydroxyl groups is 2. The number of fused-ring (bicyclic) bond motifs is 1. The third-order valence-electron chi connectivity index (χ3n) is 5.11. The number of aliphatic hydroxyl groups excluding tert-OH is 2. The molecule has 1 fully saturated rings. The Morgan fingerprint density at radius 3 is 2.93 bits per heavy atom. The van der Waals surface area contributed by atoms with Crippen molar-refractivity contribution in [2.45, 2.75) is 44.6 Å². The van der Waals surface area contributed by atoms with E-state index < -0.39 is 24.1 Å². The normalized spacial score (nSPS) is 22.1. The van der Waals surface area contributed by atoms with Crippen LogP contribution in [-0.4, -0.2) is 38.6 Å². The largest absolute Gasteiger partial charge is 0.437 e. The molecule has 29 heavy (non-hydrogen) atoms. The highest BCUT2D eigenvalue weighted by molar-refractivity contribution is 5.82. The molecule has 1 saturated heterocycles. The number of hydrogen-bond donors (Lipinski definition) is 2. The van der Waals surface area contributed by atoms with E-state index in [0.717, 1.165) is 24.0 Å². The van der Waals surface area contributed by atoms with Gasteiger partial charge in [-0.1, -0.05) is 49.8 Å². The lowest BCUT2D eigenvalue weighted by atomic mass is 10.0. The van der Waals surface area contributed by atoms with Gasteiger partial charge >= 0.3 is 5.69 Å². The van der Waals surface area contributed by atoms with E-state index >= 15 is 0 Å². The van der Waals surface area contributed by atoms with Crippen molar-refractivity contribution in [3.05, 3.63) is 58.7 Å². The smallest absolute Gasteiger partial charge is 0.353 e. The van der Waals surface area contributed by atoms with Crippen LogP contribution in [0.4, 0.5) is 0 Å². The minimum atomic E-state index is -0.825. The molecule has 0 amide bonds. The van der Waals surface area contributed by atoms with Crippen LogP contribution in [0.15, 0.2) is 51.8 Å². The van der Waals surface area contributed by atoms with Crippen molar-refractivity contribution >= 4 is 17.2 Å². The molecule has 1 aliphatic rings. The van der Waals surface area contributed by atoms with Gasteiger partial charge in [-0.2, -0.15) is 4.98 Å². The van der Waals surface area contributed by atoms with Gasteiger partial charge in [0.15, 0.2) is 0 Å². The fourth-order valence-corrected chi connectivity index (χ4v) is 3.56. The van der Waals surface area contributed by atoms with E-state index in [2.05, 4.69) is 24.1 Å². The van der Waals surface area contributed by atoms with Crippen molar-refractivity contribution < 1.29 is 19.4 Å². The predicted octanol–water partition coefficient (Wildman–Crippen LogP) is 3.11. The fourth-order valence-electron chi connectivity index (χ4n) is 3.56. The van der Waals surface area contributed by atoms with Crippen LogP contribution in [0.1, 0.15) is 38.0 Å². The van der Waals surface area contributed by atoms with Crippen LogP contribution in [0.5, 0.6) is 0 Å². The van der Waals surface area contributed by atoms with E-state index in [4.69, 9.17) is 9.15 Å². The lowest BCUT2D eigenvalue weighted by Gasteiger charge is -2.13. The summed E-state index contributed by atoms with van der Waals surface area (Å²) in [6, 6.07) is 9.75. The Hall–Kier alpha value is -2.74. The average molecular weight is 396 g/mol. The summed E-state index contributed by atoms with van der Waals surface area (Å²) in [5, 5.41) is 19.9. The average Bonchev–Trinajstić information content (AvgIpc) is 3.30. The Bertz CT molecular complexity index is 1080. The van der Waals surface area contributed by atoms with E-state index in [-0.39, 0.29) is 18.7 Å². The third-order valence-corrected chi connectivity index (χ3v) is 5.11. The number of ether oxygens (including phenoxy) is 1. The molecule has 1 aromatic carbocycles. The zero-order valence-corrected chi connectivity index (χ0v) is 16.2. The Kier molecular flexibility index (Phi) is 5.62. The van der Waals surface area contributed by atoms with Crippen LogP contribution in [0.2, 0.25) is 0 Å². The summed E-state index contributed by atoms with van der Waals surface area (Å²) in [7, 11) is 0. The fraction of sp³-hybridized carbons (Fsp3) is 0.364. The molecule has 0 unspecified atom stereocenters. The molecule has 3 aromatic rings. The number of furan rings is 1. The molecule has 0 aliphatic carbocycles. The van der Waals surface area contributed by atoms with Crippen molar-refractivity contribution in [2.24, 2.45) is 0 Å². The molecule has 3 atom stereocenters. The van der Waals surface area contributed by atoms with Gasteiger partial charge in [0.05, 0.1) is 18.1 Å². The minimum absolute atomic E-state index is 0.216. The molecule has 2 N–H and O–H groups in total. The second-order valence-electron chi connectivity index (χ2n) is 7.19. The maximum atomic E-state index is 12.5. The first-order chi connectivity index (χ1) is 14.1. The lowest BCUT2D eigenvalue weighted by Crippen LogP contribution is -2.27. The van der Waals surface area contributed by atoms with Crippen LogP contribution in [0.25, 0.3) is 28.5 Å². The van der Waals surface area contributed by atoms with Crippen LogP contribution >= 0.6 is 0 Å². The van der Waals surface area contributed by atoms with Crippen molar-refractivity contribution in [2.75, 3.05) is 6.61 Å². The van der Waals surface area contributed by atoms with Gasteiger partial charge < -0.3 is 19.4 Å². The highest BCUT2D eigenvalue weighted by Crippen LogP contribution is 2.31. The summed E-state index contributed by atoms with van der Waals surface area (Å²) >= 11 is 0. The molecular formula is C22H24N2O5. The first-order valence-corrected chi connectivity index (χ1v) is 9.83. The molecule has 152 valence electrons. The van der Waals surface area contributed by atoms with Gasteiger partial charge in [-0.15, -0.1) is 0 Å². The number of hydrogen-bond acceptors (Lipinski definition) is 6. The SMILES string of the molecule is CCC/C=C/c1ccccc1-c1cc2cn([C@H]3C[C@H](O)[C@@H](CO)O3)c(=O)nc2o1. The third kappa shape index (κ3) is 3.89. The highest BCUT2D eigenvalue weighted by Gasteiger charge is 2.35. The van der Waals surface area contributed by atoms with Crippen LogP contribution in [-0.2, 0) is 4.74 Å². The minimum Gasteiger partial charge on any atom is -0.437 e. The van der Waals surface area contributed by atoms with Gasteiger partial charge in [-0.25, -0.2) is 4.79 Å².